The van der Waals surface area contributed by atoms with Crippen LogP contribution < -0.4 is 63.4 Å². The Balaban J connectivity index is 0.000000810. The summed E-state index contributed by atoms with van der Waals surface area (Å²) < 4.78 is 29.0. The minimum absolute atomic E-state index is 0.0486. The Morgan fingerprint density at radius 1 is 0.346 bits per heavy atom. The van der Waals surface area contributed by atoms with Crippen LogP contribution in [0.2, 0.25) is 0 Å². The van der Waals surface area contributed by atoms with Gasteiger partial charge in [0.2, 0.25) is 12.8 Å². The molecular formula is C58H66N6O14. The fraction of sp³-hybridized carbons (Fsp3) is 0.414. The van der Waals surface area contributed by atoms with Crippen molar-refractivity contribution in [3.63, 3.8) is 0 Å². The molecule has 0 unspecified atom stereocenters. The predicted molar refractivity (Wildman–Crippen MR) is 300 cm³/mol. The normalized spacial score (nSPS) is 12.0. The van der Waals surface area contributed by atoms with E-state index in [0.29, 0.717) is 97.4 Å². The fourth-order valence-electron chi connectivity index (χ4n) is 9.05. The Labute approximate surface area is 447 Å². The highest BCUT2D eigenvalue weighted by Gasteiger charge is 2.26. The Bertz CT molecular complexity index is 3320. The highest BCUT2D eigenvalue weighted by molar-refractivity contribution is 5.99. The van der Waals surface area contributed by atoms with Gasteiger partial charge >= 0.3 is 0 Å². The van der Waals surface area contributed by atoms with Crippen LogP contribution >= 0.6 is 0 Å². The number of nitrogens with zero attached hydrogens (tertiary/aromatic N) is 6. The summed E-state index contributed by atoms with van der Waals surface area (Å²) in [4.78, 5) is 136. The zero-order valence-corrected chi connectivity index (χ0v) is 45.5. The number of amides is 2. The van der Waals surface area contributed by atoms with Crippen molar-refractivity contribution in [1.82, 2.24) is 28.1 Å². The maximum atomic E-state index is 14.3. The summed E-state index contributed by atoms with van der Waals surface area (Å²) >= 11 is 0. The van der Waals surface area contributed by atoms with Crippen LogP contribution in [0.4, 0.5) is 0 Å². The first-order valence-corrected chi connectivity index (χ1v) is 26.3. The average molecular weight is 1070 g/mol. The van der Waals surface area contributed by atoms with Crippen LogP contribution in [0.5, 0.6) is 23.0 Å². The second kappa shape index (κ2) is 25.2. The molecule has 20 nitrogen and oxygen atoms in total. The van der Waals surface area contributed by atoms with Gasteiger partial charge in [-0.1, -0.05) is 53.4 Å². The van der Waals surface area contributed by atoms with Crippen molar-refractivity contribution >= 4 is 55.9 Å². The van der Waals surface area contributed by atoms with Crippen molar-refractivity contribution in [2.24, 2.45) is 0 Å². The van der Waals surface area contributed by atoms with E-state index in [-0.39, 0.29) is 69.3 Å². The minimum Gasteiger partial charge on any atom is -0.493 e. The van der Waals surface area contributed by atoms with Crippen molar-refractivity contribution in [2.75, 3.05) is 54.6 Å². The lowest BCUT2D eigenvalue weighted by Crippen LogP contribution is -2.28. The van der Waals surface area contributed by atoms with Crippen molar-refractivity contribution < 1.29 is 28.5 Å². The zero-order valence-electron chi connectivity index (χ0n) is 45.5. The van der Waals surface area contributed by atoms with Gasteiger partial charge in [0.05, 0.1) is 95.7 Å². The van der Waals surface area contributed by atoms with E-state index >= 15 is 0 Å². The summed E-state index contributed by atoms with van der Waals surface area (Å²) in [5.41, 5.74) is -3.98. The SMILES string of the molecule is CCCCOc1cc(OCCCC)c2cc1Cn1c(=O)c3cc4c(=O)n(c(=O)c4cc3c1=O)Cc1cc(c(OCCCC)cc1OCCCC)Cn1c(=O)c3cc4c(=O)n(c(=O)c4cc3c1=O)C2.CN(C)C=O.CN(C)C=O. The Morgan fingerprint density at radius 3 is 0.679 bits per heavy atom. The highest BCUT2D eigenvalue weighted by Crippen LogP contribution is 2.33. The second-order valence-electron chi connectivity index (χ2n) is 19.8. The molecule has 0 spiro atoms. The maximum absolute atomic E-state index is 14.3. The third-order valence-corrected chi connectivity index (χ3v) is 13.4. The molecular weight excluding hydrogens is 1000 g/mol. The van der Waals surface area contributed by atoms with Crippen LogP contribution in [0, 0.1) is 0 Å². The van der Waals surface area contributed by atoms with E-state index < -0.39 is 44.5 Å². The number of ether oxygens (including phenoxy) is 4. The smallest absolute Gasteiger partial charge is 0.261 e. The quantitative estimate of drug-likeness (QED) is 0.0833. The lowest BCUT2D eigenvalue weighted by Gasteiger charge is -2.18. The third-order valence-electron chi connectivity index (χ3n) is 13.4. The van der Waals surface area contributed by atoms with Crippen LogP contribution in [0.15, 0.2) is 86.9 Å². The number of hydrogen-bond donors (Lipinski definition) is 0. The largest absolute Gasteiger partial charge is 0.493 e. The molecule has 4 aromatic carbocycles. The van der Waals surface area contributed by atoms with Gasteiger partial charge < -0.3 is 28.7 Å². The van der Waals surface area contributed by atoms with E-state index in [4.69, 9.17) is 18.9 Å². The minimum atomic E-state index is -0.685. The van der Waals surface area contributed by atoms with E-state index in [2.05, 4.69) is 0 Å². The molecule has 78 heavy (non-hydrogen) atoms. The molecule has 0 saturated heterocycles. The van der Waals surface area contributed by atoms with Crippen LogP contribution in [0.1, 0.15) is 101 Å². The van der Waals surface area contributed by atoms with E-state index in [1.54, 1.807) is 52.5 Å². The number of carbonyl (C=O) groups excluding carboxylic acids is 2. The third kappa shape index (κ3) is 11.8. The molecule has 4 aliphatic rings. The standard InChI is InChI=1S/C52H52N4O12.2C3H7NO/c1-5-9-13-65-41-23-42(66-14-10-6-2)30-17-29(41)25-53-45(57)33-19-35-36(20-34(33)46(53)58)50(62)55(49(35)61)27-31-18-32(44(68-16-12-8-4)24-43(31)67-15-11-7-3)28-56-51(63)39-21-37-38(22-40(39)52(56)64)48(60)54(26-30)47(37)59;2*1-4(2)3-5/h17-24H,5-16,25-28H2,1-4H3;2*3H,1-2H3. The summed E-state index contributed by atoms with van der Waals surface area (Å²) in [6.07, 6.45) is 7.55. The van der Waals surface area contributed by atoms with E-state index in [9.17, 15) is 47.9 Å². The van der Waals surface area contributed by atoms with Gasteiger partial charge in [-0.25, -0.2) is 0 Å². The van der Waals surface area contributed by atoms with Crippen LogP contribution in [0.25, 0.3) is 43.1 Å². The number of rotatable bonds is 18. The molecule has 0 saturated carbocycles. The zero-order chi connectivity index (χ0) is 56.5. The van der Waals surface area contributed by atoms with Crippen molar-refractivity contribution in [3.05, 3.63) is 154 Å². The van der Waals surface area contributed by atoms with E-state index in [1.807, 2.05) is 27.7 Å². The van der Waals surface area contributed by atoms with Crippen molar-refractivity contribution in [2.45, 2.75) is 105 Å². The van der Waals surface area contributed by atoms with E-state index in [1.165, 1.54) is 34.1 Å². The van der Waals surface area contributed by atoms with Crippen molar-refractivity contribution in [3.8, 4) is 23.0 Å². The average Bonchev–Trinajstić information content (AvgIpc) is 4.15. The number of hydrogen-bond acceptors (Lipinski definition) is 14. The van der Waals surface area contributed by atoms with Gasteiger partial charge in [0.15, 0.2) is 0 Å². The molecule has 8 heterocycles. The van der Waals surface area contributed by atoms with Gasteiger partial charge in [-0.3, -0.25) is 66.2 Å². The molecule has 12 rings (SSSR count). The maximum Gasteiger partial charge on any atom is 0.261 e. The molecule has 0 atom stereocenters. The van der Waals surface area contributed by atoms with Gasteiger partial charge in [-0.15, -0.1) is 0 Å². The number of carbonyl (C=O) groups is 2. The number of unbranched alkanes of at least 4 members (excludes halogenated alkanes) is 4. The summed E-state index contributed by atoms with van der Waals surface area (Å²) in [5, 5.41) is -0.389. The second-order valence-corrected chi connectivity index (χ2v) is 19.8. The van der Waals surface area contributed by atoms with Gasteiger partial charge in [0.1, 0.15) is 23.0 Å². The van der Waals surface area contributed by atoms with Gasteiger partial charge in [-0.2, -0.15) is 0 Å². The lowest BCUT2D eigenvalue weighted by atomic mass is 10.1. The first-order valence-electron chi connectivity index (χ1n) is 26.3. The molecule has 0 fully saturated rings. The summed E-state index contributed by atoms with van der Waals surface area (Å²) in [7, 11) is 6.75. The molecule has 4 aliphatic heterocycles. The van der Waals surface area contributed by atoms with Gasteiger partial charge in [0.25, 0.3) is 44.5 Å². The van der Waals surface area contributed by atoms with Crippen LogP contribution in [-0.4, -0.2) is 95.5 Å². The van der Waals surface area contributed by atoms with Gasteiger partial charge in [-0.05, 0) is 62.1 Å². The number of benzene rings is 4. The predicted octanol–water partition coefficient (Wildman–Crippen LogP) is 4.77. The highest BCUT2D eigenvalue weighted by atomic mass is 16.5. The topological polar surface area (TPSA) is 234 Å². The lowest BCUT2D eigenvalue weighted by molar-refractivity contribution is -0.116. The molecule has 0 aliphatic carbocycles. The Hall–Kier alpha value is -8.42. The van der Waals surface area contributed by atoms with Crippen LogP contribution in [0.3, 0.4) is 0 Å². The molecule has 2 amide bonds. The molecule has 0 radical (unpaired) electrons. The molecule has 8 aromatic rings. The summed E-state index contributed by atoms with van der Waals surface area (Å²) in [6.45, 7) is 8.02. The molecule has 0 N–H and O–H groups in total. The molecule has 412 valence electrons. The fourth-order valence-corrected chi connectivity index (χ4v) is 9.05. The number of aromatic nitrogens is 4. The Kier molecular flexibility index (Phi) is 18.5. The van der Waals surface area contributed by atoms with Crippen LogP contribution in [-0.2, 0) is 35.8 Å². The monoisotopic (exact) mass is 1070 g/mol. The van der Waals surface area contributed by atoms with Gasteiger partial charge in [0, 0.05) is 62.6 Å². The first kappa shape index (κ1) is 57.3. The molecule has 4 aromatic heterocycles. The van der Waals surface area contributed by atoms with Crippen molar-refractivity contribution in [1.29, 1.82) is 0 Å². The van der Waals surface area contributed by atoms with E-state index in [0.717, 1.165) is 56.8 Å². The Morgan fingerprint density at radius 2 is 0.526 bits per heavy atom. The molecule has 16 bridgehead atoms. The summed E-state index contributed by atoms with van der Waals surface area (Å²) in [6, 6.07) is 11.7. The molecule has 20 heteroatoms. The first-order chi connectivity index (χ1) is 37.4. The summed E-state index contributed by atoms with van der Waals surface area (Å²) in [5.74, 6) is 1.27.